The number of nitrogens with zero attached hydrogens (tertiary/aromatic N) is 1. The average molecular weight is 260 g/mol. The van der Waals surface area contributed by atoms with Gasteiger partial charge in [0.1, 0.15) is 12.4 Å². The summed E-state index contributed by atoms with van der Waals surface area (Å²) in [4.78, 5) is 2.28. The first-order chi connectivity index (χ1) is 9.11. The Morgan fingerprint density at radius 1 is 1.37 bits per heavy atom. The Bertz CT molecular complexity index is 432. The molecule has 19 heavy (non-hydrogen) atoms. The smallest absolute Gasteiger partial charge is 0.120 e. The molecule has 0 fully saturated rings. The monoisotopic (exact) mass is 260 g/mol. The minimum atomic E-state index is 0.380. The molecule has 0 aromatic heterocycles. The quantitative estimate of drug-likeness (QED) is 0.795. The van der Waals surface area contributed by atoms with Gasteiger partial charge in [0.15, 0.2) is 0 Å². The van der Waals surface area contributed by atoms with Crippen LogP contribution in [0.25, 0.3) is 0 Å². The van der Waals surface area contributed by atoms with Crippen LogP contribution in [0, 0.1) is 17.8 Å². The number of nitrogens with two attached hydrogens (primary N) is 1. The van der Waals surface area contributed by atoms with E-state index in [1.165, 1.54) is 0 Å². The number of likely N-dealkylation sites (N-methyl/N-ethyl adjacent to an activating group) is 1. The summed E-state index contributed by atoms with van der Waals surface area (Å²) >= 11 is 0. The van der Waals surface area contributed by atoms with Gasteiger partial charge in [-0.2, -0.15) is 0 Å². The minimum absolute atomic E-state index is 0.380. The van der Waals surface area contributed by atoms with E-state index in [2.05, 4.69) is 37.6 Å². The van der Waals surface area contributed by atoms with Crippen LogP contribution in [-0.4, -0.2) is 38.2 Å². The summed E-state index contributed by atoms with van der Waals surface area (Å²) < 4.78 is 5.74. The number of hydrogen-bond acceptors (Lipinski definition) is 3. The summed E-state index contributed by atoms with van der Waals surface area (Å²) in [7, 11) is 2.12. The van der Waals surface area contributed by atoms with Crippen molar-refractivity contribution < 1.29 is 4.74 Å². The van der Waals surface area contributed by atoms with E-state index in [1.807, 2.05) is 24.3 Å². The van der Waals surface area contributed by atoms with E-state index in [0.29, 0.717) is 19.1 Å². The molecule has 0 atom stereocenters. The third kappa shape index (κ3) is 6.85. The maximum Gasteiger partial charge on any atom is 0.120 e. The van der Waals surface area contributed by atoms with Crippen molar-refractivity contribution in [2.45, 2.75) is 13.8 Å². The molecule has 0 heterocycles. The van der Waals surface area contributed by atoms with Gasteiger partial charge in [-0.25, -0.2) is 0 Å². The van der Waals surface area contributed by atoms with Crippen LogP contribution in [0.1, 0.15) is 19.4 Å². The maximum absolute atomic E-state index is 5.74. The van der Waals surface area contributed by atoms with Gasteiger partial charge in [0.05, 0.1) is 6.54 Å². The SMILES string of the molecule is CC(C)CN(C)CCOc1cccc(C#CCN)c1. The highest BCUT2D eigenvalue weighted by molar-refractivity contribution is 5.39. The lowest BCUT2D eigenvalue weighted by Gasteiger charge is -2.18. The van der Waals surface area contributed by atoms with E-state index in [-0.39, 0.29) is 0 Å². The van der Waals surface area contributed by atoms with Gasteiger partial charge in [-0.1, -0.05) is 31.8 Å². The van der Waals surface area contributed by atoms with Gasteiger partial charge in [-0.05, 0) is 31.2 Å². The Morgan fingerprint density at radius 2 is 2.16 bits per heavy atom. The molecule has 2 N–H and O–H groups in total. The van der Waals surface area contributed by atoms with E-state index in [4.69, 9.17) is 10.5 Å². The fourth-order valence-corrected chi connectivity index (χ4v) is 1.85. The highest BCUT2D eigenvalue weighted by Crippen LogP contribution is 2.12. The van der Waals surface area contributed by atoms with E-state index in [9.17, 15) is 0 Å². The lowest BCUT2D eigenvalue weighted by atomic mass is 10.2. The van der Waals surface area contributed by atoms with Crippen molar-refractivity contribution in [2.75, 3.05) is 33.3 Å². The molecule has 3 heteroatoms. The van der Waals surface area contributed by atoms with Gasteiger partial charge in [0.2, 0.25) is 0 Å². The van der Waals surface area contributed by atoms with E-state index < -0.39 is 0 Å². The third-order valence-electron chi connectivity index (χ3n) is 2.59. The van der Waals surface area contributed by atoms with E-state index >= 15 is 0 Å². The first kappa shape index (κ1) is 15.6. The summed E-state index contributed by atoms with van der Waals surface area (Å²) in [5, 5.41) is 0. The van der Waals surface area contributed by atoms with Crippen molar-refractivity contribution in [1.82, 2.24) is 4.90 Å². The normalized spacial score (nSPS) is 10.4. The summed E-state index contributed by atoms with van der Waals surface area (Å²) in [6, 6.07) is 7.81. The lowest BCUT2D eigenvalue weighted by Crippen LogP contribution is -2.27. The van der Waals surface area contributed by atoms with Crippen molar-refractivity contribution in [2.24, 2.45) is 11.7 Å². The van der Waals surface area contributed by atoms with Crippen molar-refractivity contribution in [3.63, 3.8) is 0 Å². The Kier molecular flexibility index (Phi) is 7.02. The Morgan fingerprint density at radius 3 is 2.84 bits per heavy atom. The van der Waals surface area contributed by atoms with E-state index in [1.54, 1.807) is 0 Å². The molecule has 1 aromatic carbocycles. The zero-order chi connectivity index (χ0) is 14.1. The predicted octanol–water partition coefficient (Wildman–Crippen LogP) is 1.96. The third-order valence-corrected chi connectivity index (χ3v) is 2.59. The van der Waals surface area contributed by atoms with Gasteiger partial charge in [0.25, 0.3) is 0 Å². The van der Waals surface area contributed by atoms with Gasteiger partial charge in [0, 0.05) is 18.7 Å². The molecule has 104 valence electrons. The van der Waals surface area contributed by atoms with Gasteiger partial charge < -0.3 is 15.4 Å². The second kappa shape index (κ2) is 8.58. The second-order valence-electron chi connectivity index (χ2n) is 5.04. The fraction of sp³-hybridized carbons (Fsp3) is 0.500. The molecule has 1 aromatic rings. The van der Waals surface area contributed by atoms with Crippen molar-refractivity contribution in [3.05, 3.63) is 29.8 Å². The fourth-order valence-electron chi connectivity index (χ4n) is 1.85. The predicted molar refractivity (Wildman–Crippen MR) is 80.2 cm³/mol. The number of rotatable bonds is 6. The maximum atomic E-state index is 5.74. The number of ether oxygens (including phenoxy) is 1. The van der Waals surface area contributed by atoms with Crippen LogP contribution in [0.15, 0.2) is 24.3 Å². The van der Waals surface area contributed by atoms with Crippen LogP contribution in [0.2, 0.25) is 0 Å². The summed E-state index contributed by atoms with van der Waals surface area (Å²) in [5.41, 5.74) is 6.30. The van der Waals surface area contributed by atoms with Crippen LogP contribution in [0.3, 0.4) is 0 Å². The van der Waals surface area contributed by atoms with Crippen LogP contribution in [-0.2, 0) is 0 Å². The molecule has 0 bridgehead atoms. The van der Waals surface area contributed by atoms with E-state index in [0.717, 1.165) is 24.4 Å². The molecule has 0 radical (unpaired) electrons. The minimum Gasteiger partial charge on any atom is -0.492 e. The second-order valence-corrected chi connectivity index (χ2v) is 5.04. The van der Waals surface area contributed by atoms with Gasteiger partial charge in [-0.15, -0.1) is 0 Å². The first-order valence-electron chi connectivity index (χ1n) is 6.72. The van der Waals surface area contributed by atoms with Gasteiger partial charge in [-0.3, -0.25) is 0 Å². The number of benzene rings is 1. The molecular weight excluding hydrogens is 236 g/mol. The van der Waals surface area contributed by atoms with Crippen molar-refractivity contribution in [3.8, 4) is 17.6 Å². The Labute approximate surface area is 116 Å². The molecule has 1 rings (SSSR count). The average Bonchev–Trinajstić information content (AvgIpc) is 2.36. The highest BCUT2D eigenvalue weighted by atomic mass is 16.5. The lowest BCUT2D eigenvalue weighted by molar-refractivity contribution is 0.223. The number of hydrogen-bond donors (Lipinski definition) is 1. The van der Waals surface area contributed by atoms with Crippen LogP contribution in [0.5, 0.6) is 5.75 Å². The summed E-state index contributed by atoms with van der Waals surface area (Å²) in [6.07, 6.45) is 0. The molecular formula is C16H24N2O. The first-order valence-corrected chi connectivity index (χ1v) is 6.72. The van der Waals surface area contributed by atoms with Crippen LogP contribution in [0.4, 0.5) is 0 Å². The van der Waals surface area contributed by atoms with Crippen molar-refractivity contribution >= 4 is 0 Å². The molecule has 0 aliphatic rings. The summed E-state index contributed by atoms with van der Waals surface area (Å²) in [6.45, 7) is 7.53. The molecule has 0 aliphatic heterocycles. The van der Waals surface area contributed by atoms with Gasteiger partial charge >= 0.3 is 0 Å². The van der Waals surface area contributed by atoms with Crippen molar-refractivity contribution in [1.29, 1.82) is 0 Å². The summed E-state index contributed by atoms with van der Waals surface area (Å²) in [5.74, 6) is 7.39. The Balaban J connectivity index is 2.41. The zero-order valence-electron chi connectivity index (χ0n) is 12.1. The molecule has 3 nitrogen and oxygen atoms in total. The molecule has 0 saturated carbocycles. The highest BCUT2D eigenvalue weighted by Gasteiger charge is 2.02. The topological polar surface area (TPSA) is 38.5 Å². The molecule has 0 unspecified atom stereocenters. The standard InChI is InChI=1S/C16H24N2O/c1-14(2)13-18(3)10-11-19-16-8-4-6-15(12-16)7-5-9-17/h4,6,8,12,14H,9-11,13,17H2,1-3H3. The Hall–Kier alpha value is -1.50. The molecule has 0 saturated heterocycles. The molecule has 0 amide bonds. The largest absolute Gasteiger partial charge is 0.492 e. The van der Waals surface area contributed by atoms with Crippen LogP contribution >= 0.6 is 0 Å². The van der Waals surface area contributed by atoms with Crippen LogP contribution < -0.4 is 10.5 Å². The molecule has 0 spiro atoms. The molecule has 0 aliphatic carbocycles. The zero-order valence-corrected chi connectivity index (χ0v) is 12.1.